The highest BCUT2D eigenvalue weighted by Crippen LogP contribution is 2.40. The first-order valence-corrected chi connectivity index (χ1v) is 9.00. The Kier molecular flexibility index (Phi) is 4.94. The molecule has 2 atom stereocenters. The van der Waals surface area contributed by atoms with Gasteiger partial charge in [-0.05, 0) is 38.0 Å². The number of hydrogen-bond acceptors (Lipinski definition) is 2. The normalized spacial score (nSPS) is 20.1. The quantitative estimate of drug-likeness (QED) is 0.624. The molecule has 1 aliphatic rings. The smallest absolute Gasteiger partial charge is 0.191 e. The van der Waals surface area contributed by atoms with Gasteiger partial charge < -0.3 is 10.6 Å². The van der Waals surface area contributed by atoms with Crippen molar-refractivity contribution >= 4 is 21.9 Å². The lowest BCUT2D eigenvalue weighted by Crippen LogP contribution is -2.38. The summed E-state index contributed by atoms with van der Waals surface area (Å²) in [5.41, 5.74) is 4.87. The zero-order valence-electron chi connectivity index (χ0n) is 14.6. The molecule has 2 N–H and O–H groups in total. The highest BCUT2D eigenvalue weighted by molar-refractivity contribution is 9.10. The fraction of sp³-hybridized carbons (Fsp3) is 0.444. The summed E-state index contributed by atoms with van der Waals surface area (Å²) in [6, 6.07) is 9.04. The summed E-state index contributed by atoms with van der Waals surface area (Å²) in [7, 11) is 3.79. The van der Waals surface area contributed by atoms with Crippen LogP contribution in [0.2, 0.25) is 0 Å². The maximum absolute atomic E-state index is 4.46. The van der Waals surface area contributed by atoms with Crippen molar-refractivity contribution in [3.8, 4) is 0 Å². The number of guanidine groups is 1. The summed E-state index contributed by atoms with van der Waals surface area (Å²) < 4.78 is 3.04. The van der Waals surface area contributed by atoms with Crippen LogP contribution in [0.5, 0.6) is 0 Å². The van der Waals surface area contributed by atoms with Crippen molar-refractivity contribution in [3.05, 3.63) is 51.3 Å². The Balaban J connectivity index is 1.56. The van der Waals surface area contributed by atoms with Gasteiger partial charge in [-0.3, -0.25) is 9.67 Å². The Labute approximate surface area is 151 Å². The molecule has 128 valence electrons. The molecule has 0 aliphatic heterocycles. The van der Waals surface area contributed by atoms with Crippen LogP contribution >= 0.6 is 15.9 Å². The molecule has 0 radical (unpaired) electrons. The zero-order valence-corrected chi connectivity index (χ0v) is 16.2. The molecule has 3 rings (SSSR count). The van der Waals surface area contributed by atoms with Crippen molar-refractivity contribution in [2.75, 3.05) is 7.05 Å². The molecule has 1 fully saturated rings. The van der Waals surface area contributed by atoms with E-state index in [2.05, 4.69) is 67.8 Å². The molecule has 1 aliphatic carbocycles. The van der Waals surface area contributed by atoms with Gasteiger partial charge in [0.25, 0.3) is 0 Å². The van der Waals surface area contributed by atoms with E-state index in [0.29, 0.717) is 12.0 Å². The van der Waals surface area contributed by atoms with E-state index in [-0.39, 0.29) is 0 Å². The summed E-state index contributed by atoms with van der Waals surface area (Å²) in [5, 5.41) is 11.4. The van der Waals surface area contributed by atoms with Crippen LogP contribution in [0.15, 0.2) is 33.7 Å². The van der Waals surface area contributed by atoms with Crippen LogP contribution in [0.4, 0.5) is 0 Å². The minimum absolute atomic E-state index is 0.452. The number of rotatable bonds is 4. The summed E-state index contributed by atoms with van der Waals surface area (Å²) in [6.07, 6.45) is 1.15. The number of halogens is 1. The average molecular weight is 390 g/mol. The summed E-state index contributed by atoms with van der Waals surface area (Å²) in [5.74, 6) is 1.42. The molecule has 6 heteroatoms. The number of hydrogen-bond donors (Lipinski definition) is 2. The Bertz CT molecular complexity index is 748. The molecular weight excluding hydrogens is 366 g/mol. The minimum Gasteiger partial charge on any atom is -0.353 e. The van der Waals surface area contributed by atoms with Gasteiger partial charge in [0.2, 0.25) is 0 Å². The fourth-order valence-electron chi connectivity index (χ4n) is 3.05. The SMILES string of the molecule is CN=C(NCc1c(C)nn(C)c1C)NC1CC1c1ccc(Br)cc1. The van der Waals surface area contributed by atoms with Gasteiger partial charge in [0.15, 0.2) is 5.96 Å². The summed E-state index contributed by atoms with van der Waals surface area (Å²) in [4.78, 5) is 4.35. The van der Waals surface area contributed by atoms with Crippen molar-refractivity contribution in [2.24, 2.45) is 12.0 Å². The largest absolute Gasteiger partial charge is 0.353 e. The summed E-state index contributed by atoms with van der Waals surface area (Å²) >= 11 is 3.49. The van der Waals surface area contributed by atoms with Crippen molar-refractivity contribution in [3.63, 3.8) is 0 Å². The van der Waals surface area contributed by atoms with Gasteiger partial charge in [-0.2, -0.15) is 5.10 Å². The Morgan fingerprint density at radius 3 is 2.62 bits per heavy atom. The molecule has 24 heavy (non-hydrogen) atoms. The number of aryl methyl sites for hydroxylation is 2. The van der Waals surface area contributed by atoms with Crippen LogP contribution in [-0.4, -0.2) is 28.8 Å². The standard InChI is InChI=1S/C18H24BrN5/c1-11-16(12(2)24(4)23-11)10-21-18(20-3)22-17-9-15(17)13-5-7-14(19)8-6-13/h5-8,15,17H,9-10H2,1-4H3,(H2,20,21,22). The lowest BCUT2D eigenvalue weighted by molar-refractivity contribution is 0.728. The second-order valence-electron chi connectivity index (χ2n) is 6.34. The molecule has 1 heterocycles. The van der Waals surface area contributed by atoms with E-state index in [0.717, 1.165) is 29.1 Å². The van der Waals surface area contributed by atoms with Gasteiger partial charge >= 0.3 is 0 Å². The number of nitrogens with one attached hydrogen (secondary N) is 2. The molecule has 1 aromatic heterocycles. The van der Waals surface area contributed by atoms with E-state index >= 15 is 0 Å². The van der Waals surface area contributed by atoms with Gasteiger partial charge in [-0.1, -0.05) is 28.1 Å². The van der Waals surface area contributed by atoms with Crippen molar-refractivity contribution in [1.82, 2.24) is 20.4 Å². The fourth-order valence-corrected chi connectivity index (χ4v) is 3.31. The first-order chi connectivity index (χ1) is 11.5. The molecule has 0 spiro atoms. The van der Waals surface area contributed by atoms with Crippen molar-refractivity contribution < 1.29 is 0 Å². The number of aromatic nitrogens is 2. The third-order valence-electron chi connectivity index (χ3n) is 4.73. The van der Waals surface area contributed by atoms with Crippen LogP contribution in [0.1, 0.15) is 34.9 Å². The van der Waals surface area contributed by atoms with Crippen LogP contribution in [-0.2, 0) is 13.6 Å². The van der Waals surface area contributed by atoms with E-state index in [4.69, 9.17) is 0 Å². The minimum atomic E-state index is 0.452. The predicted octanol–water partition coefficient (Wildman–Crippen LogP) is 3.02. The molecule has 1 saturated carbocycles. The molecule has 0 bridgehead atoms. The Morgan fingerprint density at radius 1 is 1.33 bits per heavy atom. The van der Waals surface area contributed by atoms with Gasteiger partial charge in [-0.25, -0.2) is 0 Å². The zero-order chi connectivity index (χ0) is 17.3. The Morgan fingerprint density at radius 2 is 2.04 bits per heavy atom. The molecule has 0 amide bonds. The molecule has 2 unspecified atom stereocenters. The average Bonchev–Trinajstić information content (AvgIpc) is 3.28. The van der Waals surface area contributed by atoms with E-state index < -0.39 is 0 Å². The van der Waals surface area contributed by atoms with Gasteiger partial charge in [0.05, 0.1) is 5.69 Å². The highest BCUT2D eigenvalue weighted by atomic mass is 79.9. The molecule has 0 saturated heterocycles. The third kappa shape index (κ3) is 3.64. The molecule has 5 nitrogen and oxygen atoms in total. The van der Waals surface area contributed by atoms with Crippen molar-refractivity contribution in [1.29, 1.82) is 0 Å². The highest BCUT2D eigenvalue weighted by Gasteiger charge is 2.38. The number of nitrogens with zero attached hydrogens (tertiary/aromatic N) is 3. The molecule has 1 aromatic carbocycles. The Hall–Kier alpha value is -1.82. The second kappa shape index (κ2) is 6.97. The number of benzene rings is 1. The maximum atomic E-state index is 4.46. The lowest BCUT2D eigenvalue weighted by atomic mass is 10.1. The van der Waals surface area contributed by atoms with Crippen LogP contribution in [0.3, 0.4) is 0 Å². The second-order valence-corrected chi connectivity index (χ2v) is 7.26. The number of aliphatic imine (C=N–C) groups is 1. The van der Waals surface area contributed by atoms with Gasteiger partial charge in [0.1, 0.15) is 0 Å². The maximum Gasteiger partial charge on any atom is 0.191 e. The van der Waals surface area contributed by atoms with E-state index in [9.17, 15) is 0 Å². The molecule has 2 aromatic rings. The van der Waals surface area contributed by atoms with Crippen LogP contribution in [0.25, 0.3) is 0 Å². The van der Waals surface area contributed by atoms with Gasteiger partial charge in [-0.15, -0.1) is 0 Å². The van der Waals surface area contributed by atoms with Crippen LogP contribution in [0, 0.1) is 13.8 Å². The first kappa shape index (κ1) is 17.0. The van der Waals surface area contributed by atoms with Crippen LogP contribution < -0.4 is 10.6 Å². The van der Waals surface area contributed by atoms with Crippen molar-refractivity contribution in [2.45, 2.75) is 38.8 Å². The monoisotopic (exact) mass is 389 g/mol. The molecular formula is C18H24BrN5. The van der Waals surface area contributed by atoms with E-state index in [1.165, 1.54) is 16.8 Å². The topological polar surface area (TPSA) is 54.2 Å². The van der Waals surface area contributed by atoms with E-state index in [1.807, 2.05) is 25.7 Å². The first-order valence-electron chi connectivity index (χ1n) is 8.21. The predicted molar refractivity (Wildman–Crippen MR) is 101 cm³/mol. The third-order valence-corrected chi connectivity index (χ3v) is 5.25. The van der Waals surface area contributed by atoms with Gasteiger partial charge in [0, 0.05) is 48.3 Å². The lowest BCUT2D eigenvalue weighted by Gasteiger charge is -2.12. The van der Waals surface area contributed by atoms with E-state index in [1.54, 1.807) is 0 Å². The summed E-state index contributed by atoms with van der Waals surface area (Å²) in [6.45, 7) is 4.88.